The molecule has 5 atom stereocenters. The van der Waals surface area contributed by atoms with Crippen molar-refractivity contribution >= 4 is 5.97 Å². The van der Waals surface area contributed by atoms with E-state index in [2.05, 4.69) is 20.8 Å². The number of hydrogen-bond donors (Lipinski definition) is 0. The predicted molar refractivity (Wildman–Crippen MR) is 80.2 cm³/mol. The van der Waals surface area contributed by atoms with Crippen molar-refractivity contribution in [3.05, 3.63) is 0 Å². The zero-order valence-corrected chi connectivity index (χ0v) is 14.0. The lowest BCUT2D eigenvalue weighted by atomic mass is 9.61. The van der Waals surface area contributed by atoms with Gasteiger partial charge in [-0.05, 0) is 75.0 Å². The number of fused-ring (bicyclic) bond motifs is 1. The van der Waals surface area contributed by atoms with Crippen molar-refractivity contribution in [2.75, 3.05) is 0 Å². The Morgan fingerprint density at radius 1 is 1.20 bits per heavy atom. The third kappa shape index (κ3) is 1.86. The summed E-state index contributed by atoms with van der Waals surface area (Å²) < 4.78 is 5.77. The zero-order chi connectivity index (χ0) is 14.9. The Morgan fingerprint density at radius 3 is 2.45 bits per heavy atom. The molecule has 0 saturated heterocycles. The van der Waals surface area contributed by atoms with Gasteiger partial charge in [-0.15, -0.1) is 0 Å². The van der Waals surface area contributed by atoms with Crippen molar-refractivity contribution in [1.29, 1.82) is 0 Å². The van der Waals surface area contributed by atoms with Gasteiger partial charge in [-0.2, -0.15) is 0 Å². The molecule has 114 valence electrons. The van der Waals surface area contributed by atoms with E-state index in [0.717, 1.165) is 5.92 Å². The van der Waals surface area contributed by atoms with Gasteiger partial charge >= 0.3 is 5.97 Å². The average Bonchev–Trinajstić information content (AvgIpc) is 2.83. The topological polar surface area (TPSA) is 26.3 Å². The Labute approximate surface area is 123 Å². The molecule has 0 amide bonds. The molecular weight excluding hydrogens is 248 g/mol. The summed E-state index contributed by atoms with van der Waals surface area (Å²) in [5.74, 6) is 2.14. The SMILES string of the molecule is CC1CC2CC13CCC(C)(C)C3C2C(=O)OC(C)(C)C. The maximum absolute atomic E-state index is 12.8. The monoisotopic (exact) mass is 278 g/mol. The zero-order valence-electron chi connectivity index (χ0n) is 14.0. The summed E-state index contributed by atoms with van der Waals surface area (Å²) >= 11 is 0. The summed E-state index contributed by atoms with van der Waals surface area (Å²) in [6.45, 7) is 13.1. The second-order valence-corrected chi connectivity index (χ2v) is 9.36. The Morgan fingerprint density at radius 2 is 1.85 bits per heavy atom. The van der Waals surface area contributed by atoms with Crippen LogP contribution in [0.5, 0.6) is 0 Å². The minimum absolute atomic E-state index is 0.0799. The summed E-state index contributed by atoms with van der Waals surface area (Å²) in [5, 5.41) is 0. The first-order valence-corrected chi connectivity index (χ1v) is 8.30. The van der Waals surface area contributed by atoms with Crippen LogP contribution in [0, 0.1) is 34.5 Å². The fourth-order valence-electron chi connectivity index (χ4n) is 5.98. The summed E-state index contributed by atoms with van der Waals surface area (Å²) in [6, 6.07) is 0. The maximum atomic E-state index is 12.8. The molecule has 0 aromatic carbocycles. The van der Waals surface area contributed by atoms with E-state index < -0.39 is 0 Å². The molecule has 3 saturated carbocycles. The molecule has 3 fully saturated rings. The highest BCUT2D eigenvalue weighted by atomic mass is 16.6. The van der Waals surface area contributed by atoms with Crippen molar-refractivity contribution in [2.24, 2.45) is 34.5 Å². The second kappa shape index (κ2) is 4.01. The smallest absolute Gasteiger partial charge is 0.310 e. The van der Waals surface area contributed by atoms with Crippen LogP contribution in [-0.2, 0) is 9.53 Å². The van der Waals surface area contributed by atoms with Gasteiger partial charge in [0.2, 0.25) is 0 Å². The summed E-state index contributed by atoms with van der Waals surface area (Å²) in [7, 11) is 0. The van der Waals surface area contributed by atoms with E-state index in [9.17, 15) is 4.79 Å². The molecule has 1 spiro atoms. The fourth-order valence-corrected chi connectivity index (χ4v) is 5.98. The molecule has 0 aromatic heterocycles. The standard InChI is InChI=1S/C18H30O2/c1-11-9-12-10-18(11)8-7-17(5,6)14(18)13(12)15(19)20-16(2,3)4/h11-14H,7-10H2,1-6H3. The Balaban J connectivity index is 1.92. The Hall–Kier alpha value is -0.530. The van der Waals surface area contributed by atoms with Gasteiger partial charge in [0.1, 0.15) is 5.60 Å². The number of hydrogen-bond acceptors (Lipinski definition) is 2. The summed E-state index contributed by atoms with van der Waals surface area (Å²) in [4.78, 5) is 12.8. The van der Waals surface area contributed by atoms with Crippen LogP contribution in [0.2, 0.25) is 0 Å². The number of esters is 1. The number of carbonyl (C=O) groups is 1. The van der Waals surface area contributed by atoms with Crippen molar-refractivity contribution in [1.82, 2.24) is 0 Å². The van der Waals surface area contributed by atoms with E-state index in [1.165, 1.54) is 25.7 Å². The highest BCUT2D eigenvalue weighted by Gasteiger charge is 2.69. The van der Waals surface area contributed by atoms with Crippen LogP contribution in [0.25, 0.3) is 0 Å². The molecule has 3 rings (SSSR count). The lowest BCUT2D eigenvalue weighted by molar-refractivity contribution is -0.167. The van der Waals surface area contributed by atoms with Crippen LogP contribution in [0.4, 0.5) is 0 Å². The van der Waals surface area contributed by atoms with Gasteiger partial charge in [0, 0.05) is 0 Å². The van der Waals surface area contributed by atoms with Gasteiger partial charge in [0.05, 0.1) is 5.92 Å². The maximum Gasteiger partial charge on any atom is 0.310 e. The van der Waals surface area contributed by atoms with Crippen molar-refractivity contribution in [2.45, 2.75) is 72.8 Å². The molecule has 3 aliphatic carbocycles. The summed E-state index contributed by atoms with van der Waals surface area (Å²) in [6.07, 6.45) is 5.10. The van der Waals surface area contributed by atoms with E-state index in [4.69, 9.17) is 4.74 Å². The van der Waals surface area contributed by atoms with E-state index in [-0.39, 0.29) is 17.5 Å². The third-order valence-electron chi connectivity index (χ3n) is 6.52. The Kier molecular flexibility index (Phi) is 2.89. The molecule has 20 heavy (non-hydrogen) atoms. The van der Waals surface area contributed by atoms with Crippen LogP contribution >= 0.6 is 0 Å². The van der Waals surface area contributed by atoms with Gasteiger partial charge in [-0.1, -0.05) is 20.8 Å². The second-order valence-electron chi connectivity index (χ2n) is 9.36. The minimum atomic E-state index is -0.361. The molecule has 0 radical (unpaired) electrons. The number of ether oxygens (including phenoxy) is 1. The van der Waals surface area contributed by atoms with Gasteiger partial charge in [0.15, 0.2) is 0 Å². The van der Waals surface area contributed by atoms with Crippen LogP contribution < -0.4 is 0 Å². The highest BCUT2D eigenvalue weighted by Crippen LogP contribution is 2.74. The lowest BCUT2D eigenvalue weighted by Gasteiger charge is -2.44. The van der Waals surface area contributed by atoms with Gasteiger partial charge in [0.25, 0.3) is 0 Å². The predicted octanol–water partition coefficient (Wildman–Crippen LogP) is 4.43. The first-order chi connectivity index (χ1) is 9.07. The van der Waals surface area contributed by atoms with E-state index in [0.29, 0.717) is 22.7 Å². The van der Waals surface area contributed by atoms with Gasteiger partial charge < -0.3 is 4.74 Å². The molecule has 0 aliphatic heterocycles. The lowest BCUT2D eigenvalue weighted by Crippen LogP contribution is -2.44. The molecule has 2 nitrogen and oxygen atoms in total. The van der Waals surface area contributed by atoms with E-state index >= 15 is 0 Å². The molecule has 0 N–H and O–H groups in total. The molecule has 5 unspecified atom stereocenters. The Bertz CT molecular complexity index is 431. The first-order valence-electron chi connectivity index (χ1n) is 8.30. The summed E-state index contributed by atoms with van der Waals surface area (Å²) in [5.41, 5.74) is 0.376. The third-order valence-corrected chi connectivity index (χ3v) is 6.52. The molecule has 3 aliphatic rings. The van der Waals surface area contributed by atoms with E-state index in [1.54, 1.807) is 0 Å². The number of rotatable bonds is 1. The van der Waals surface area contributed by atoms with Crippen molar-refractivity contribution in [3.63, 3.8) is 0 Å². The van der Waals surface area contributed by atoms with Crippen LogP contribution in [0.15, 0.2) is 0 Å². The largest absolute Gasteiger partial charge is 0.460 e. The molecule has 2 bridgehead atoms. The normalized spacial score (nSPS) is 45.5. The molecule has 0 heterocycles. The van der Waals surface area contributed by atoms with Crippen LogP contribution in [0.3, 0.4) is 0 Å². The minimum Gasteiger partial charge on any atom is -0.460 e. The van der Waals surface area contributed by atoms with Crippen LogP contribution in [0.1, 0.15) is 67.2 Å². The average molecular weight is 278 g/mol. The first kappa shape index (κ1) is 14.4. The van der Waals surface area contributed by atoms with Crippen molar-refractivity contribution < 1.29 is 9.53 Å². The van der Waals surface area contributed by atoms with E-state index in [1.807, 2.05) is 20.8 Å². The van der Waals surface area contributed by atoms with Crippen LogP contribution in [-0.4, -0.2) is 11.6 Å². The molecule has 0 aromatic rings. The quantitative estimate of drug-likeness (QED) is 0.663. The fraction of sp³-hybridized carbons (Fsp3) is 0.944. The van der Waals surface area contributed by atoms with Gasteiger partial charge in [-0.25, -0.2) is 0 Å². The number of carbonyl (C=O) groups excluding carboxylic acids is 1. The highest BCUT2D eigenvalue weighted by molar-refractivity contribution is 5.75. The molecular formula is C18H30O2. The van der Waals surface area contributed by atoms with Crippen molar-refractivity contribution in [3.8, 4) is 0 Å². The van der Waals surface area contributed by atoms with Gasteiger partial charge in [-0.3, -0.25) is 4.79 Å². The molecule has 2 heteroatoms.